The Bertz CT molecular complexity index is 428. The normalized spacial score (nSPS) is 14.5. The molecule has 0 amide bonds. The number of carbonyl (C=O) groups is 2. The van der Waals surface area contributed by atoms with Gasteiger partial charge in [-0.3, -0.25) is 9.59 Å². The minimum absolute atomic E-state index is 0.402. The summed E-state index contributed by atoms with van der Waals surface area (Å²) in [7, 11) is 0. The van der Waals surface area contributed by atoms with E-state index in [0.717, 1.165) is 11.1 Å². The van der Waals surface area contributed by atoms with Crippen molar-refractivity contribution in [1.82, 2.24) is 0 Å². The second-order valence-corrected chi connectivity index (χ2v) is 3.06. The van der Waals surface area contributed by atoms with E-state index in [0.29, 0.717) is 5.56 Å². The highest BCUT2D eigenvalue weighted by atomic mass is 16.2. The zero-order chi connectivity index (χ0) is 9.42. The first-order valence-electron chi connectivity index (χ1n) is 4.06. The van der Waals surface area contributed by atoms with E-state index in [1.54, 1.807) is 18.2 Å². The van der Waals surface area contributed by atoms with Crippen LogP contribution in [0.5, 0.6) is 0 Å². The average molecular weight is 172 g/mol. The largest absolute Gasteiger partial charge is 0.286 e. The van der Waals surface area contributed by atoms with E-state index in [1.165, 1.54) is 6.08 Å². The molecule has 64 valence electrons. The number of aryl methyl sites for hydroxylation is 1. The van der Waals surface area contributed by atoms with E-state index in [2.05, 4.69) is 0 Å². The molecule has 0 saturated heterocycles. The van der Waals surface area contributed by atoms with Crippen LogP contribution in [-0.4, -0.2) is 11.6 Å². The molecule has 0 heterocycles. The van der Waals surface area contributed by atoms with Gasteiger partial charge < -0.3 is 0 Å². The Morgan fingerprint density at radius 3 is 2.62 bits per heavy atom. The number of ketones is 2. The van der Waals surface area contributed by atoms with Gasteiger partial charge in [0.05, 0.1) is 0 Å². The molecule has 0 bridgehead atoms. The summed E-state index contributed by atoms with van der Waals surface area (Å²) < 4.78 is 0. The van der Waals surface area contributed by atoms with E-state index in [4.69, 9.17) is 0 Å². The maximum Gasteiger partial charge on any atom is 0.233 e. The molecule has 0 atom stereocenters. The average Bonchev–Trinajstić information content (AvgIpc) is 2.12. The maximum atomic E-state index is 11.4. The third-order valence-corrected chi connectivity index (χ3v) is 2.19. The lowest BCUT2D eigenvalue weighted by Gasteiger charge is -2.09. The lowest BCUT2D eigenvalue weighted by atomic mass is 9.92. The van der Waals surface area contributed by atoms with Crippen LogP contribution >= 0.6 is 0 Å². The lowest BCUT2D eigenvalue weighted by molar-refractivity contribution is -0.110. The summed E-state index contributed by atoms with van der Waals surface area (Å²) in [5.41, 5.74) is 2.41. The van der Waals surface area contributed by atoms with Crippen LogP contribution in [0.1, 0.15) is 21.5 Å². The number of allylic oxidation sites excluding steroid dienone is 1. The molecule has 1 aliphatic carbocycles. The molecule has 0 N–H and O–H groups in total. The first kappa shape index (κ1) is 7.92. The van der Waals surface area contributed by atoms with Crippen LogP contribution in [-0.2, 0) is 4.79 Å². The summed E-state index contributed by atoms with van der Waals surface area (Å²) in [6.45, 7) is 1.92. The number of rotatable bonds is 0. The lowest BCUT2D eigenvalue weighted by Crippen LogP contribution is -2.16. The molecule has 0 aromatic heterocycles. The SMILES string of the molecule is Cc1cccc2c1C=CC(=O)C2=O. The molecule has 1 aromatic carbocycles. The number of hydrogen-bond donors (Lipinski definition) is 0. The molecule has 0 aliphatic heterocycles. The van der Waals surface area contributed by atoms with Gasteiger partial charge in [0.2, 0.25) is 11.6 Å². The Kier molecular flexibility index (Phi) is 1.62. The van der Waals surface area contributed by atoms with Crippen LogP contribution in [0.15, 0.2) is 24.3 Å². The minimum Gasteiger partial charge on any atom is -0.286 e. The molecule has 0 fully saturated rings. The van der Waals surface area contributed by atoms with E-state index < -0.39 is 11.6 Å². The second-order valence-electron chi connectivity index (χ2n) is 3.06. The van der Waals surface area contributed by atoms with Crippen molar-refractivity contribution in [2.24, 2.45) is 0 Å². The van der Waals surface area contributed by atoms with Crippen molar-refractivity contribution < 1.29 is 9.59 Å². The van der Waals surface area contributed by atoms with Crippen LogP contribution in [0.2, 0.25) is 0 Å². The topological polar surface area (TPSA) is 34.1 Å². The summed E-state index contributed by atoms with van der Waals surface area (Å²) in [6.07, 6.45) is 3.03. The van der Waals surface area contributed by atoms with E-state index >= 15 is 0 Å². The molecule has 13 heavy (non-hydrogen) atoms. The molecule has 0 radical (unpaired) electrons. The monoisotopic (exact) mass is 172 g/mol. The van der Waals surface area contributed by atoms with Gasteiger partial charge in [0, 0.05) is 5.56 Å². The smallest absolute Gasteiger partial charge is 0.233 e. The molecule has 0 unspecified atom stereocenters. The van der Waals surface area contributed by atoms with Gasteiger partial charge in [0.15, 0.2) is 0 Å². The van der Waals surface area contributed by atoms with Crippen molar-refractivity contribution in [3.05, 3.63) is 41.0 Å². The van der Waals surface area contributed by atoms with Gasteiger partial charge in [0.25, 0.3) is 0 Å². The van der Waals surface area contributed by atoms with E-state index in [-0.39, 0.29) is 0 Å². The molecule has 2 heteroatoms. The predicted octanol–water partition coefficient (Wildman–Crippen LogP) is 1.77. The van der Waals surface area contributed by atoms with Crippen molar-refractivity contribution in [2.75, 3.05) is 0 Å². The first-order chi connectivity index (χ1) is 6.20. The Morgan fingerprint density at radius 2 is 1.85 bits per heavy atom. The van der Waals surface area contributed by atoms with Crippen molar-refractivity contribution in [2.45, 2.75) is 6.92 Å². The van der Waals surface area contributed by atoms with E-state index in [9.17, 15) is 9.59 Å². The van der Waals surface area contributed by atoms with Gasteiger partial charge in [-0.2, -0.15) is 0 Å². The molecule has 0 spiro atoms. The fourth-order valence-electron chi connectivity index (χ4n) is 1.47. The Morgan fingerprint density at radius 1 is 1.08 bits per heavy atom. The van der Waals surface area contributed by atoms with Crippen LogP contribution in [0.25, 0.3) is 6.08 Å². The first-order valence-corrected chi connectivity index (χ1v) is 4.06. The molecular formula is C11H8O2. The minimum atomic E-state index is -0.432. The van der Waals surface area contributed by atoms with Gasteiger partial charge in [-0.15, -0.1) is 0 Å². The predicted molar refractivity (Wildman–Crippen MR) is 49.6 cm³/mol. The van der Waals surface area contributed by atoms with Crippen LogP contribution in [0.4, 0.5) is 0 Å². The van der Waals surface area contributed by atoms with E-state index in [1.807, 2.05) is 13.0 Å². The quantitative estimate of drug-likeness (QED) is 0.559. The van der Waals surface area contributed by atoms with Crippen LogP contribution in [0.3, 0.4) is 0 Å². The number of fused-ring (bicyclic) bond motifs is 1. The number of hydrogen-bond acceptors (Lipinski definition) is 2. The number of benzene rings is 1. The molecule has 2 rings (SSSR count). The third kappa shape index (κ3) is 1.11. The molecule has 1 aromatic rings. The van der Waals surface area contributed by atoms with Gasteiger partial charge in [-0.1, -0.05) is 18.2 Å². The standard InChI is InChI=1S/C11H8O2/c1-7-3-2-4-9-8(7)5-6-10(12)11(9)13/h2-6H,1H3. The van der Waals surface area contributed by atoms with Gasteiger partial charge in [-0.05, 0) is 30.2 Å². The van der Waals surface area contributed by atoms with Crippen molar-refractivity contribution in [3.8, 4) is 0 Å². The van der Waals surface area contributed by atoms with Crippen molar-refractivity contribution in [3.63, 3.8) is 0 Å². The molecule has 1 aliphatic rings. The Labute approximate surface area is 75.9 Å². The van der Waals surface area contributed by atoms with Crippen LogP contribution in [0, 0.1) is 6.92 Å². The molecular weight excluding hydrogens is 164 g/mol. The zero-order valence-electron chi connectivity index (χ0n) is 7.20. The summed E-state index contributed by atoms with van der Waals surface area (Å²) in [5.74, 6) is -0.834. The fourth-order valence-corrected chi connectivity index (χ4v) is 1.47. The van der Waals surface area contributed by atoms with Crippen molar-refractivity contribution >= 4 is 17.6 Å². The van der Waals surface area contributed by atoms with Gasteiger partial charge >= 0.3 is 0 Å². The summed E-state index contributed by atoms with van der Waals surface area (Å²) in [6, 6.07) is 5.40. The highest BCUT2D eigenvalue weighted by Crippen LogP contribution is 2.20. The summed E-state index contributed by atoms with van der Waals surface area (Å²) in [4.78, 5) is 22.4. The zero-order valence-corrected chi connectivity index (χ0v) is 7.20. The van der Waals surface area contributed by atoms with Gasteiger partial charge in [0.1, 0.15) is 0 Å². The molecule has 0 saturated carbocycles. The fraction of sp³-hybridized carbons (Fsp3) is 0.0909. The number of Topliss-reactive ketones (excluding diaryl/α,β-unsaturated/α-hetero) is 1. The Balaban J connectivity index is 2.72. The summed E-state index contributed by atoms with van der Waals surface area (Å²) in [5, 5.41) is 0. The van der Waals surface area contributed by atoms with Gasteiger partial charge in [-0.25, -0.2) is 0 Å². The third-order valence-electron chi connectivity index (χ3n) is 2.19. The summed E-state index contributed by atoms with van der Waals surface area (Å²) >= 11 is 0. The molecule has 2 nitrogen and oxygen atoms in total. The number of carbonyl (C=O) groups excluding carboxylic acids is 2. The second kappa shape index (κ2) is 2.66. The highest BCUT2D eigenvalue weighted by Gasteiger charge is 2.20. The Hall–Kier alpha value is -1.70. The maximum absolute atomic E-state index is 11.4. The van der Waals surface area contributed by atoms with Crippen LogP contribution < -0.4 is 0 Å². The van der Waals surface area contributed by atoms with Crippen molar-refractivity contribution in [1.29, 1.82) is 0 Å². The highest BCUT2D eigenvalue weighted by molar-refractivity contribution is 6.50.